The number of hydrogen-bond donors (Lipinski definition) is 0. The Hall–Kier alpha value is -2.88. The van der Waals surface area contributed by atoms with E-state index in [9.17, 15) is 13.2 Å². The van der Waals surface area contributed by atoms with Gasteiger partial charge in [0.05, 0.1) is 31.4 Å². The van der Waals surface area contributed by atoms with Crippen LogP contribution in [-0.4, -0.2) is 14.2 Å². The zero-order chi connectivity index (χ0) is 17.0. The summed E-state index contributed by atoms with van der Waals surface area (Å²) in [5, 5.41) is 8.79. The predicted octanol–water partition coefficient (Wildman–Crippen LogP) is 4.39. The highest BCUT2D eigenvalue weighted by atomic mass is 19.4. The molecule has 23 heavy (non-hydrogen) atoms. The van der Waals surface area contributed by atoms with Crippen LogP contribution in [0, 0.1) is 11.3 Å². The van der Waals surface area contributed by atoms with E-state index in [1.54, 1.807) is 12.1 Å². The summed E-state index contributed by atoms with van der Waals surface area (Å²) >= 11 is 0. The van der Waals surface area contributed by atoms with Gasteiger partial charge in [0.25, 0.3) is 0 Å². The van der Waals surface area contributed by atoms with E-state index >= 15 is 0 Å². The molecule has 0 unspecified atom stereocenters. The fourth-order valence-electron chi connectivity index (χ4n) is 1.98. The first-order valence-electron chi connectivity index (χ1n) is 6.41. The summed E-state index contributed by atoms with van der Waals surface area (Å²) < 4.78 is 54.6. The van der Waals surface area contributed by atoms with Gasteiger partial charge in [-0.2, -0.15) is 18.4 Å². The molecule has 0 saturated carbocycles. The minimum absolute atomic E-state index is 0.0668. The Bertz CT molecular complexity index is 751. The highest BCUT2D eigenvalue weighted by Gasteiger charge is 2.34. The van der Waals surface area contributed by atoms with E-state index in [0.29, 0.717) is 5.75 Å². The molecule has 120 valence electrons. The number of nitrogens with zero attached hydrogens (tertiary/aromatic N) is 1. The third-order valence-corrected chi connectivity index (χ3v) is 3.01. The maximum absolute atomic E-state index is 13.0. The molecule has 2 rings (SSSR count). The van der Waals surface area contributed by atoms with Crippen molar-refractivity contribution in [2.75, 3.05) is 14.2 Å². The zero-order valence-electron chi connectivity index (χ0n) is 12.3. The lowest BCUT2D eigenvalue weighted by Gasteiger charge is -2.15. The van der Waals surface area contributed by atoms with Crippen LogP contribution in [0.2, 0.25) is 0 Å². The molecule has 0 aliphatic rings. The first kappa shape index (κ1) is 16.5. The van der Waals surface area contributed by atoms with Crippen LogP contribution in [-0.2, 0) is 6.18 Å². The molecule has 0 saturated heterocycles. The maximum Gasteiger partial charge on any atom is 0.417 e. The van der Waals surface area contributed by atoms with Crippen molar-refractivity contribution in [2.24, 2.45) is 0 Å². The van der Waals surface area contributed by atoms with Gasteiger partial charge in [0.1, 0.15) is 5.75 Å². The topological polar surface area (TPSA) is 51.5 Å². The molecule has 0 fully saturated rings. The van der Waals surface area contributed by atoms with Gasteiger partial charge in [0.15, 0.2) is 11.5 Å². The number of nitriles is 1. The van der Waals surface area contributed by atoms with Crippen LogP contribution in [0.5, 0.6) is 23.0 Å². The van der Waals surface area contributed by atoms with Gasteiger partial charge >= 0.3 is 6.18 Å². The van der Waals surface area contributed by atoms with Crippen molar-refractivity contribution in [2.45, 2.75) is 6.18 Å². The third-order valence-electron chi connectivity index (χ3n) is 3.01. The molecule has 0 atom stereocenters. The van der Waals surface area contributed by atoms with Gasteiger partial charge in [-0.3, -0.25) is 0 Å². The monoisotopic (exact) mass is 323 g/mol. The molecule has 0 N–H and O–H groups in total. The van der Waals surface area contributed by atoms with E-state index in [4.69, 9.17) is 19.5 Å². The SMILES string of the molecule is COc1cccc(Oc2ccc(C#N)c(C(F)(F)F)c2)c1OC. The van der Waals surface area contributed by atoms with Crippen LogP contribution in [0.1, 0.15) is 11.1 Å². The number of hydrogen-bond acceptors (Lipinski definition) is 4. The maximum atomic E-state index is 13.0. The van der Waals surface area contributed by atoms with Crippen LogP contribution in [0.25, 0.3) is 0 Å². The van der Waals surface area contributed by atoms with Crippen LogP contribution >= 0.6 is 0 Å². The van der Waals surface area contributed by atoms with Gasteiger partial charge in [-0.25, -0.2) is 0 Å². The Labute approximate surface area is 130 Å². The van der Waals surface area contributed by atoms with E-state index in [-0.39, 0.29) is 17.2 Å². The summed E-state index contributed by atoms with van der Waals surface area (Å²) in [5.41, 5.74) is -1.53. The van der Waals surface area contributed by atoms with Crippen LogP contribution in [0.4, 0.5) is 13.2 Å². The van der Waals surface area contributed by atoms with E-state index in [1.807, 2.05) is 0 Å². The van der Waals surface area contributed by atoms with E-state index in [2.05, 4.69) is 0 Å². The van der Waals surface area contributed by atoms with Crippen molar-refractivity contribution in [3.8, 4) is 29.1 Å². The smallest absolute Gasteiger partial charge is 0.417 e. The van der Waals surface area contributed by atoms with Gasteiger partial charge < -0.3 is 14.2 Å². The lowest BCUT2D eigenvalue weighted by Crippen LogP contribution is -2.08. The Kier molecular flexibility index (Phi) is 4.65. The highest BCUT2D eigenvalue weighted by Crippen LogP contribution is 2.40. The third kappa shape index (κ3) is 3.48. The van der Waals surface area contributed by atoms with Crippen molar-refractivity contribution in [3.63, 3.8) is 0 Å². The Morgan fingerprint density at radius 1 is 1.00 bits per heavy atom. The van der Waals surface area contributed by atoms with Crippen molar-refractivity contribution < 1.29 is 27.4 Å². The lowest BCUT2D eigenvalue weighted by atomic mass is 10.1. The minimum Gasteiger partial charge on any atom is -0.493 e. The standard InChI is InChI=1S/C16H12F3NO3/c1-21-13-4-3-5-14(15(13)22-2)23-11-7-6-10(9-20)12(8-11)16(17,18)19/h3-8H,1-2H3. The molecule has 4 nitrogen and oxygen atoms in total. The normalized spacial score (nSPS) is 10.8. The number of alkyl halides is 3. The number of benzene rings is 2. The van der Waals surface area contributed by atoms with E-state index in [1.165, 1.54) is 32.4 Å². The molecule has 0 aliphatic heterocycles. The van der Waals surface area contributed by atoms with Crippen LogP contribution in [0.3, 0.4) is 0 Å². The summed E-state index contributed by atoms with van der Waals surface area (Å²) in [7, 11) is 2.83. The van der Waals surface area contributed by atoms with Crippen molar-refractivity contribution in [3.05, 3.63) is 47.5 Å². The van der Waals surface area contributed by atoms with Crippen molar-refractivity contribution in [1.82, 2.24) is 0 Å². The summed E-state index contributed by atoms with van der Waals surface area (Å²) in [4.78, 5) is 0. The largest absolute Gasteiger partial charge is 0.493 e. The highest BCUT2D eigenvalue weighted by molar-refractivity contribution is 5.53. The Balaban J connectivity index is 2.44. The van der Waals surface area contributed by atoms with Crippen molar-refractivity contribution in [1.29, 1.82) is 5.26 Å². The zero-order valence-corrected chi connectivity index (χ0v) is 12.3. The van der Waals surface area contributed by atoms with Crippen LogP contribution in [0.15, 0.2) is 36.4 Å². The fraction of sp³-hybridized carbons (Fsp3) is 0.188. The van der Waals surface area contributed by atoms with Gasteiger partial charge in [0.2, 0.25) is 5.75 Å². The predicted molar refractivity (Wildman–Crippen MR) is 75.8 cm³/mol. The van der Waals surface area contributed by atoms with E-state index < -0.39 is 17.3 Å². The van der Waals surface area contributed by atoms with Crippen LogP contribution < -0.4 is 14.2 Å². The molecule has 2 aromatic rings. The average Bonchev–Trinajstić information content (AvgIpc) is 2.53. The molecule has 0 amide bonds. The lowest BCUT2D eigenvalue weighted by molar-refractivity contribution is -0.137. The first-order chi connectivity index (χ1) is 10.9. The van der Waals surface area contributed by atoms with E-state index in [0.717, 1.165) is 12.1 Å². The van der Waals surface area contributed by atoms with Gasteiger partial charge in [0, 0.05) is 0 Å². The molecule has 2 aromatic carbocycles. The molecular formula is C16H12F3NO3. The summed E-state index contributed by atoms with van der Waals surface area (Å²) in [5.74, 6) is 0.773. The summed E-state index contributed by atoms with van der Waals surface area (Å²) in [6.07, 6.45) is -4.65. The first-order valence-corrected chi connectivity index (χ1v) is 6.41. The second-order valence-corrected chi connectivity index (χ2v) is 4.41. The number of methoxy groups -OCH3 is 2. The summed E-state index contributed by atoms with van der Waals surface area (Å²) in [6, 6.07) is 9.41. The number of para-hydroxylation sites is 1. The molecular weight excluding hydrogens is 311 g/mol. The molecule has 7 heteroatoms. The molecule has 0 aliphatic carbocycles. The quantitative estimate of drug-likeness (QED) is 0.837. The van der Waals surface area contributed by atoms with Gasteiger partial charge in [-0.05, 0) is 30.3 Å². The second kappa shape index (κ2) is 6.48. The number of rotatable bonds is 4. The molecule has 0 spiro atoms. The number of ether oxygens (including phenoxy) is 3. The summed E-state index contributed by atoms with van der Waals surface area (Å²) in [6.45, 7) is 0. The number of halogens is 3. The molecule has 0 bridgehead atoms. The average molecular weight is 323 g/mol. The molecule has 0 radical (unpaired) electrons. The van der Waals surface area contributed by atoms with Gasteiger partial charge in [-0.15, -0.1) is 0 Å². The van der Waals surface area contributed by atoms with Crippen molar-refractivity contribution >= 4 is 0 Å². The fourth-order valence-corrected chi connectivity index (χ4v) is 1.98. The second-order valence-electron chi connectivity index (χ2n) is 4.41. The molecule has 0 heterocycles. The Morgan fingerprint density at radius 2 is 1.70 bits per heavy atom. The minimum atomic E-state index is -4.65. The Morgan fingerprint density at radius 3 is 2.26 bits per heavy atom. The molecule has 0 aromatic heterocycles. The van der Waals surface area contributed by atoms with Gasteiger partial charge in [-0.1, -0.05) is 6.07 Å².